The Bertz CT molecular complexity index is 911. The fourth-order valence-corrected chi connectivity index (χ4v) is 4.25. The summed E-state index contributed by atoms with van der Waals surface area (Å²) in [6.07, 6.45) is 5.34. The van der Waals surface area contributed by atoms with Crippen molar-refractivity contribution in [2.24, 2.45) is 0 Å². The van der Waals surface area contributed by atoms with Gasteiger partial charge in [-0.05, 0) is 37.1 Å². The number of carbonyl (C=O) groups excluding carboxylic acids is 2. The summed E-state index contributed by atoms with van der Waals surface area (Å²) >= 11 is 0. The molecule has 4 rings (SSSR count). The van der Waals surface area contributed by atoms with Gasteiger partial charge in [0.05, 0.1) is 6.54 Å². The van der Waals surface area contributed by atoms with Crippen molar-refractivity contribution in [3.63, 3.8) is 0 Å². The Balaban J connectivity index is 1.53. The van der Waals surface area contributed by atoms with E-state index in [0.717, 1.165) is 36.9 Å². The third-order valence-electron chi connectivity index (χ3n) is 5.87. The normalized spacial score (nSPS) is 16.9. The highest BCUT2D eigenvalue weighted by Crippen LogP contribution is 2.28. The molecule has 2 fully saturated rings. The van der Waals surface area contributed by atoms with Crippen LogP contribution >= 0.6 is 0 Å². The zero-order chi connectivity index (χ0) is 20.9. The van der Waals surface area contributed by atoms with Crippen molar-refractivity contribution in [1.82, 2.24) is 10.2 Å². The van der Waals surface area contributed by atoms with Gasteiger partial charge < -0.3 is 20.6 Å². The molecule has 0 aromatic heterocycles. The molecule has 1 saturated carbocycles. The van der Waals surface area contributed by atoms with Crippen LogP contribution in [-0.4, -0.2) is 41.2 Å². The Morgan fingerprint density at radius 2 is 1.93 bits per heavy atom. The van der Waals surface area contributed by atoms with Crippen LogP contribution in [0.4, 0.5) is 21.0 Å². The fourth-order valence-electron chi connectivity index (χ4n) is 4.25. The zero-order valence-corrected chi connectivity index (χ0v) is 17.0. The summed E-state index contributed by atoms with van der Waals surface area (Å²) in [6, 6.07) is 14.3. The first-order valence-corrected chi connectivity index (χ1v) is 10.6. The smallest absolute Gasteiger partial charge is 0.322 e. The van der Waals surface area contributed by atoms with Crippen molar-refractivity contribution in [3.8, 4) is 5.75 Å². The van der Waals surface area contributed by atoms with Gasteiger partial charge in [-0.2, -0.15) is 0 Å². The van der Waals surface area contributed by atoms with Gasteiger partial charge in [-0.25, -0.2) is 9.59 Å². The summed E-state index contributed by atoms with van der Waals surface area (Å²) in [5, 5.41) is 16.0. The van der Waals surface area contributed by atoms with Crippen molar-refractivity contribution >= 4 is 23.4 Å². The number of hydrogen-bond donors (Lipinski definition) is 3. The van der Waals surface area contributed by atoms with Gasteiger partial charge in [0.25, 0.3) is 0 Å². The number of nitrogens with zero attached hydrogens (tertiary/aromatic N) is 2. The van der Waals surface area contributed by atoms with Crippen LogP contribution in [0, 0.1) is 0 Å². The third kappa shape index (κ3) is 4.50. The Morgan fingerprint density at radius 3 is 2.67 bits per heavy atom. The van der Waals surface area contributed by atoms with E-state index in [1.807, 2.05) is 41.3 Å². The number of phenols is 1. The summed E-state index contributed by atoms with van der Waals surface area (Å²) in [4.78, 5) is 28.7. The highest BCUT2D eigenvalue weighted by atomic mass is 16.3. The van der Waals surface area contributed by atoms with E-state index in [4.69, 9.17) is 0 Å². The number of para-hydroxylation sites is 1. The lowest BCUT2D eigenvalue weighted by molar-refractivity contribution is 0.162. The Hall–Kier alpha value is -3.22. The van der Waals surface area contributed by atoms with Crippen molar-refractivity contribution in [2.45, 2.75) is 44.7 Å². The largest absolute Gasteiger partial charge is 0.508 e. The lowest BCUT2D eigenvalue weighted by Crippen LogP contribution is -2.43. The van der Waals surface area contributed by atoms with Crippen LogP contribution in [0.15, 0.2) is 48.5 Å². The van der Waals surface area contributed by atoms with Crippen LogP contribution in [-0.2, 0) is 6.54 Å². The second-order valence-electron chi connectivity index (χ2n) is 7.91. The van der Waals surface area contributed by atoms with Crippen LogP contribution in [0.25, 0.3) is 0 Å². The maximum atomic E-state index is 13.3. The molecule has 0 unspecified atom stereocenters. The Labute approximate surface area is 176 Å². The molecule has 0 atom stereocenters. The second-order valence-corrected chi connectivity index (χ2v) is 7.91. The molecule has 2 aromatic carbocycles. The van der Waals surface area contributed by atoms with E-state index in [2.05, 4.69) is 10.6 Å². The molecular formula is C23H28N4O3. The number of phenolic OH excluding ortho intramolecular Hbond substituents is 1. The number of benzene rings is 2. The number of rotatable bonds is 5. The number of carbonyl (C=O) groups is 2. The molecule has 7 nitrogen and oxygen atoms in total. The molecule has 1 heterocycles. The first-order chi connectivity index (χ1) is 14.6. The van der Waals surface area contributed by atoms with Gasteiger partial charge in [-0.1, -0.05) is 43.5 Å². The number of aromatic hydroxyl groups is 1. The minimum Gasteiger partial charge on any atom is -0.508 e. The van der Waals surface area contributed by atoms with Crippen LogP contribution in [0.2, 0.25) is 0 Å². The molecule has 3 N–H and O–H groups in total. The van der Waals surface area contributed by atoms with E-state index in [-0.39, 0.29) is 23.9 Å². The number of hydrogen-bond acceptors (Lipinski definition) is 3. The maximum Gasteiger partial charge on any atom is 0.322 e. The van der Waals surface area contributed by atoms with Gasteiger partial charge in [-0.3, -0.25) is 4.90 Å². The molecule has 1 saturated heterocycles. The van der Waals surface area contributed by atoms with Gasteiger partial charge in [0.2, 0.25) is 0 Å². The van der Waals surface area contributed by atoms with Crippen LogP contribution < -0.4 is 15.5 Å². The summed E-state index contributed by atoms with van der Waals surface area (Å²) in [5.41, 5.74) is 2.14. The number of nitrogens with one attached hydrogen (secondary N) is 2. The molecule has 30 heavy (non-hydrogen) atoms. The van der Waals surface area contributed by atoms with Gasteiger partial charge >= 0.3 is 12.1 Å². The standard InChI is InChI=1S/C23H28N4O3/c28-21-12-5-4-7-17(21)16-27(19-9-2-1-3-10-19)23(30)25-18-8-6-11-20(15-18)26-14-13-24-22(26)29/h4-8,11-12,15,19,28H,1-3,9-10,13-14,16H2,(H,24,29)(H,25,30). The lowest BCUT2D eigenvalue weighted by Gasteiger charge is -2.34. The van der Waals surface area contributed by atoms with Crippen molar-refractivity contribution < 1.29 is 14.7 Å². The summed E-state index contributed by atoms with van der Waals surface area (Å²) in [5.74, 6) is 0.202. The molecule has 1 aliphatic carbocycles. The second kappa shape index (κ2) is 9.07. The minimum absolute atomic E-state index is 0.123. The predicted octanol–water partition coefficient (Wildman–Crippen LogP) is 4.29. The van der Waals surface area contributed by atoms with Gasteiger partial charge in [-0.15, -0.1) is 0 Å². The zero-order valence-electron chi connectivity index (χ0n) is 17.0. The average molecular weight is 409 g/mol. The summed E-state index contributed by atoms with van der Waals surface area (Å²) in [6.45, 7) is 1.58. The molecular weight excluding hydrogens is 380 g/mol. The number of urea groups is 2. The molecule has 158 valence electrons. The van der Waals surface area contributed by atoms with E-state index >= 15 is 0 Å². The van der Waals surface area contributed by atoms with E-state index < -0.39 is 0 Å². The highest BCUT2D eigenvalue weighted by molar-refractivity contribution is 5.95. The van der Waals surface area contributed by atoms with Crippen molar-refractivity contribution in [2.75, 3.05) is 23.3 Å². The average Bonchev–Trinajstić information content (AvgIpc) is 3.20. The Kier molecular flexibility index (Phi) is 6.07. The maximum absolute atomic E-state index is 13.3. The van der Waals surface area contributed by atoms with Crippen LogP contribution in [0.5, 0.6) is 5.75 Å². The first kappa shape index (κ1) is 20.1. The number of amides is 4. The van der Waals surface area contributed by atoms with Crippen molar-refractivity contribution in [3.05, 3.63) is 54.1 Å². The molecule has 2 aromatic rings. The summed E-state index contributed by atoms with van der Waals surface area (Å²) in [7, 11) is 0. The summed E-state index contributed by atoms with van der Waals surface area (Å²) < 4.78 is 0. The molecule has 0 spiro atoms. The highest BCUT2D eigenvalue weighted by Gasteiger charge is 2.27. The Morgan fingerprint density at radius 1 is 1.13 bits per heavy atom. The topological polar surface area (TPSA) is 84.9 Å². The van der Waals surface area contributed by atoms with E-state index in [9.17, 15) is 14.7 Å². The SMILES string of the molecule is O=C1NCCN1c1cccc(NC(=O)N(Cc2ccccc2O)C2CCCCC2)c1. The van der Waals surface area contributed by atoms with E-state index in [1.54, 1.807) is 17.0 Å². The molecule has 2 aliphatic rings. The van der Waals surface area contributed by atoms with Crippen LogP contribution in [0.3, 0.4) is 0 Å². The van der Waals surface area contributed by atoms with Gasteiger partial charge in [0.15, 0.2) is 0 Å². The number of anilines is 2. The lowest BCUT2D eigenvalue weighted by atomic mass is 9.94. The fraction of sp³-hybridized carbons (Fsp3) is 0.391. The van der Waals surface area contributed by atoms with Gasteiger partial charge in [0.1, 0.15) is 5.75 Å². The van der Waals surface area contributed by atoms with E-state index in [0.29, 0.717) is 25.3 Å². The minimum atomic E-state index is -0.187. The molecule has 4 amide bonds. The van der Waals surface area contributed by atoms with Gasteiger partial charge in [0, 0.05) is 36.1 Å². The molecule has 1 aliphatic heterocycles. The molecule has 7 heteroatoms. The predicted molar refractivity (Wildman–Crippen MR) is 117 cm³/mol. The quantitative estimate of drug-likeness (QED) is 0.690. The van der Waals surface area contributed by atoms with E-state index in [1.165, 1.54) is 6.42 Å². The van der Waals surface area contributed by atoms with Crippen LogP contribution in [0.1, 0.15) is 37.7 Å². The van der Waals surface area contributed by atoms with Crippen molar-refractivity contribution in [1.29, 1.82) is 0 Å². The molecule has 0 radical (unpaired) electrons. The first-order valence-electron chi connectivity index (χ1n) is 10.6. The monoisotopic (exact) mass is 408 g/mol. The third-order valence-corrected chi connectivity index (χ3v) is 5.87. The molecule has 0 bridgehead atoms.